The SMILES string of the molecule is CC(C)(C)OC(=O)N1Cc2c(OS(=O)(=O)C(F)(F)F)cccc2C(C)(C)C1. The van der Waals surface area contributed by atoms with Gasteiger partial charge in [0.05, 0.1) is 6.54 Å². The Labute approximate surface area is 156 Å². The Hall–Kier alpha value is -1.97. The predicted molar refractivity (Wildman–Crippen MR) is 91.7 cm³/mol. The Morgan fingerprint density at radius 2 is 1.78 bits per heavy atom. The number of alkyl halides is 3. The zero-order valence-electron chi connectivity index (χ0n) is 15.7. The smallest absolute Gasteiger partial charge is 0.444 e. The molecule has 1 heterocycles. The molecule has 2 rings (SSSR count). The van der Waals surface area contributed by atoms with Crippen LogP contribution in [0.25, 0.3) is 0 Å². The molecule has 0 radical (unpaired) electrons. The molecule has 1 aliphatic heterocycles. The summed E-state index contributed by atoms with van der Waals surface area (Å²) in [6.07, 6.45) is -0.644. The lowest BCUT2D eigenvalue weighted by atomic mass is 9.78. The van der Waals surface area contributed by atoms with Crippen LogP contribution in [0.5, 0.6) is 5.75 Å². The first-order chi connectivity index (χ1) is 12.0. The van der Waals surface area contributed by atoms with Crippen molar-refractivity contribution in [2.45, 2.75) is 57.7 Å². The standard InChI is InChI=1S/C17H22F3NO5S/c1-15(2,3)25-14(22)21-9-11-12(16(4,5)10-21)7-6-8-13(11)26-27(23,24)17(18,19)20/h6-8H,9-10H2,1-5H3. The number of carbonyl (C=O) groups is 1. The summed E-state index contributed by atoms with van der Waals surface area (Å²) in [5.74, 6) is -0.453. The third-order valence-electron chi connectivity index (χ3n) is 3.93. The lowest BCUT2D eigenvalue weighted by Crippen LogP contribution is -2.47. The summed E-state index contributed by atoms with van der Waals surface area (Å²) in [5.41, 5.74) is -6.14. The molecular formula is C17H22F3NO5S. The predicted octanol–water partition coefficient (Wildman–Crippen LogP) is 3.94. The molecule has 0 unspecified atom stereocenters. The molecule has 1 amide bonds. The molecule has 0 aliphatic carbocycles. The summed E-state index contributed by atoms with van der Waals surface area (Å²) in [5, 5.41) is 0. The summed E-state index contributed by atoms with van der Waals surface area (Å²) in [7, 11) is -5.82. The number of nitrogens with zero attached hydrogens (tertiary/aromatic N) is 1. The van der Waals surface area contributed by atoms with E-state index in [0.717, 1.165) is 6.07 Å². The average Bonchev–Trinajstić information content (AvgIpc) is 2.44. The minimum Gasteiger partial charge on any atom is -0.444 e. The highest BCUT2D eigenvalue weighted by atomic mass is 32.2. The maximum atomic E-state index is 12.7. The van der Waals surface area contributed by atoms with E-state index in [2.05, 4.69) is 4.18 Å². The van der Waals surface area contributed by atoms with Crippen LogP contribution in [0.1, 0.15) is 45.7 Å². The first-order valence-corrected chi connectivity index (χ1v) is 9.55. The van der Waals surface area contributed by atoms with Crippen LogP contribution in [0, 0.1) is 0 Å². The van der Waals surface area contributed by atoms with Gasteiger partial charge in [0.2, 0.25) is 0 Å². The van der Waals surface area contributed by atoms with Gasteiger partial charge in [0.25, 0.3) is 0 Å². The number of halogens is 3. The second-order valence-corrected chi connectivity index (χ2v) is 9.52. The maximum Gasteiger partial charge on any atom is 0.534 e. The Bertz CT molecular complexity index is 841. The molecule has 152 valence electrons. The van der Waals surface area contributed by atoms with E-state index in [-0.39, 0.29) is 18.7 Å². The minimum atomic E-state index is -5.82. The summed E-state index contributed by atoms with van der Waals surface area (Å²) in [4.78, 5) is 13.8. The number of hydrogen-bond donors (Lipinski definition) is 0. The summed E-state index contributed by atoms with van der Waals surface area (Å²) in [6, 6.07) is 4.23. The Morgan fingerprint density at radius 3 is 2.30 bits per heavy atom. The van der Waals surface area contributed by atoms with Gasteiger partial charge < -0.3 is 13.8 Å². The van der Waals surface area contributed by atoms with Crippen molar-refractivity contribution < 1.29 is 35.3 Å². The van der Waals surface area contributed by atoms with Gasteiger partial charge in [-0.05, 0) is 32.4 Å². The van der Waals surface area contributed by atoms with Crippen molar-refractivity contribution in [3.05, 3.63) is 29.3 Å². The molecule has 10 heteroatoms. The van der Waals surface area contributed by atoms with Crippen LogP contribution in [-0.4, -0.2) is 37.1 Å². The molecule has 0 aromatic heterocycles. The van der Waals surface area contributed by atoms with E-state index in [0.29, 0.717) is 5.56 Å². The highest BCUT2D eigenvalue weighted by Crippen LogP contribution is 2.40. The van der Waals surface area contributed by atoms with E-state index >= 15 is 0 Å². The van der Waals surface area contributed by atoms with E-state index in [1.807, 2.05) is 0 Å². The molecule has 1 aromatic carbocycles. The maximum absolute atomic E-state index is 12.7. The second-order valence-electron chi connectivity index (χ2n) is 7.99. The van der Waals surface area contributed by atoms with E-state index in [4.69, 9.17) is 4.74 Å². The van der Waals surface area contributed by atoms with Crippen molar-refractivity contribution in [2.75, 3.05) is 6.54 Å². The van der Waals surface area contributed by atoms with E-state index in [1.165, 1.54) is 11.0 Å². The number of fused-ring (bicyclic) bond motifs is 1. The highest BCUT2D eigenvalue weighted by molar-refractivity contribution is 7.88. The first-order valence-electron chi connectivity index (χ1n) is 8.14. The van der Waals surface area contributed by atoms with Crippen LogP contribution >= 0.6 is 0 Å². The average molecular weight is 409 g/mol. The molecule has 0 fully saturated rings. The number of ether oxygens (including phenoxy) is 1. The lowest BCUT2D eigenvalue weighted by molar-refractivity contribution is -0.0500. The third kappa shape index (κ3) is 4.66. The van der Waals surface area contributed by atoms with Gasteiger partial charge in [-0.3, -0.25) is 0 Å². The number of rotatable bonds is 2. The normalized spacial score (nSPS) is 17.3. The van der Waals surface area contributed by atoms with Crippen LogP contribution in [0.4, 0.5) is 18.0 Å². The fourth-order valence-electron chi connectivity index (χ4n) is 2.87. The fourth-order valence-corrected chi connectivity index (χ4v) is 3.36. The van der Waals surface area contributed by atoms with Crippen LogP contribution < -0.4 is 4.18 Å². The molecule has 0 spiro atoms. The number of carbonyl (C=O) groups excluding carboxylic acids is 1. The van der Waals surface area contributed by atoms with Crippen molar-refractivity contribution in [1.29, 1.82) is 0 Å². The van der Waals surface area contributed by atoms with Crippen molar-refractivity contribution in [1.82, 2.24) is 4.90 Å². The van der Waals surface area contributed by atoms with Crippen molar-refractivity contribution >= 4 is 16.2 Å². The highest BCUT2D eigenvalue weighted by Gasteiger charge is 2.49. The van der Waals surface area contributed by atoms with Crippen LogP contribution in [0.15, 0.2) is 18.2 Å². The molecule has 0 atom stereocenters. The zero-order valence-corrected chi connectivity index (χ0v) is 16.5. The summed E-state index contributed by atoms with van der Waals surface area (Å²) >= 11 is 0. The molecule has 27 heavy (non-hydrogen) atoms. The molecule has 6 nitrogen and oxygen atoms in total. The monoisotopic (exact) mass is 409 g/mol. The Balaban J connectivity index is 2.45. The lowest BCUT2D eigenvalue weighted by Gasteiger charge is -2.40. The van der Waals surface area contributed by atoms with Gasteiger partial charge in [0, 0.05) is 17.5 Å². The fraction of sp³-hybridized carbons (Fsp3) is 0.588. The summed E-state index contributed by atoms with van der Waals surface area (Å²) in [6.45, 7) is 8.80. The minimum absolute atomic E-state index is 0.128. The number of hydrogen-bond acceptors (Lipinski definition) is 5. The number of benzene rings is 1. The zero-order chi connectivity index (χ0) is 20.8. The van der Waals surface area contributed by atoms with Crippen LogP contribution in [-0.2, 0) is 26.8 Å². The van der Waals surface area contributed by atoms with E-state index in [1.54, 1.807) is 40.7 Å². The van der Waals surface area contributed by atoms with E-state index < -0.39 is 38.5 Å². The van der Waals surface area contributed by atoms with Gasteiger partial charge >= 0.3 is 21.7 Å². The number of amides is 1. The van der Waals surface area contributed by atoms with Gasteiger partial charge in [-0.1, -0.05) is 26.0 Å². The van der Waals surface area contributed by atoms with Gasteiger partial charge in [-0.25, -0.2) is 4.79 Å². The first kappa shape index (κ1) is 21.3. The quantitative estimate of drug-likeness (QED) is 0.546. The molecule has 1 aromatic rings. The molecular weight excluding hydrogens is 387 g/mol. The molecule has 0 saturated heterocycles. The van der Waals surface area contributed by atoms with Crippen molar-refractivity contribution in [2.24, 2.45) is 0 Å². The van der Waals surface area contributed by atoms with Gasteiger partial charge in [-0.2, -0.15) is 21.6 Å². The van der Waals surface area contributed by atoms with Crippen LogP contribution in [0.3, 0.4) is 0 Å². The van der Waals surface area contributed by atoms with Gasteiger partial charge in [-0.15, -0.1) is 0 Å². The van der Waals surface area contributed by atoms with Gasteiger partial charge in [0.15, 0.2) is 0 Å². The second kappa shape index (κ2) is 6.57. The van der Waals surface area contributed by atoms with Crippen molar-refractivity contribution in [3.63, 3.8) is 0 Å². The molecule has 1 aliphatic rings. The summed E-state index contributed by atoms with van der Waals surface area (Å²) < 4.78 is 70.6. The Morgan fingerprint density at radius 1 is 1.19 bits per heavy atom. The molecule has 0 N–H and O–H groups in total. The largest absolute Gasteiger partial charge is 0.534 e. The van der Waals surface area contributed by atoms with Crippen LogP contribution in [0.2, 0.25) is 0 Å². The van der Waals surface area contributed by atoms with Crippen molar-refractivity contribution in [3.8, 4) is 5.75 Å². The third-order valence-corrected chi connectivity index (χ3v) is 4.90. The Kier molecular flexibility index (Phi) is 5.19. The topological polar surface area (TPSA) is 72.9 Å². The molecule has 0 saturated carbocycles. The van der Waals surface area contributed by atoms with Gasteiger partial charge in [0.1, 0.15) is 11.4 Å². The molecule has 0 bridgehead atoms. The van der Waals surface area contributed by atoms with E-state index in [9.17, 15) is 26.4 Å².